The van der Waals surface area contributed by atoms with Crippen molar-refractivity contribution in [1.29, 1.82) is 0 Å². The van der Waals surface area contributed by atoms with Crippen molar-refractivity contribution in [3.05, 3.63) is 47.5 Å². The number of rotatable bonds is 7. The average molecular weight is 401 g/mol. The Morgan fingerprint density at radius 1 is 1.14 bits per heavy atom. The lowest BCUT2D eigenvalue weighted by molar-refractivity contribution is -0.144. The number of ether oxygens (including phenoxy) is 3. The van der Waals surface area contributed by atoms with E-state index in [0.717, 1.165) is 21.7 Å². The number of methoxy groups -OCH3 is 2. The Bertz CT molecular complexity index is 883. The maximum Gasteiger partial charge on any atom is 0.307 e. The molecule has 1 amide bonds. The van der Waals surface area contributed by atoms with Crippen molar-refractivity contribution in [3.63, 3.8) is 0 Å². The van der Waals surface area contributed by atoms with E-state index in [9.17, 15) is 9.59 Å². The van der Waals surface area contributed by atoms with Crippen molar-refractivity contribution < 1.29 is 23.8 Å². The molecule has 0 saturated heterocycles. The van der Waals surface area contributed by atoms with E-state index in [4.69, 9.17) is 14.2 Å². The van der Waals surface area contributed by atoms with Gasteiger partial charge in [-0.15, -0.1) is 11.8 Å². The lowest BCUT2D eigenvalue weighted by atomic mass is 10.1. The van der Waals surface area contributed by atoms with Crippen molar-refractivity contribution in [2.45, 2.75) is 24.8 Å². The van der Waals surface area contributed by atoms with Gasteiger partial charge in [-0.25, -0.2) is 0 Å². The lowest BCUT2D eigenvalue weighted by Gasteiger charge is -2.28. The molecule has 1 aliphatic heterocycles. The summed E-state index contributed by atoms with van der Waals surface area (Å²) in [5, 5.41) is 0. The number of nitrogens with zero attached hydrogens (tertiary/aromatic N) is 1. The molecule has 0 aliphatic carbocycles. The molecule has 1 heterocycles. The van der Waals surface area contributed by atoms with Gasteiger partial charge in [-0.3, -0.25) is 9.59 Å². The zero-order valence-electron chi connectivity index (χ0n) is 16.2. The van der Waals surface area contributed by atoms with Gasteiger partial charge in [-0.1, -0.05) is 12.1 Å². The van der Waals surface area contributed by atoms with Crippen molar-refractivity contribution in [2.75, 3.05) is 31.4 Å². The molecular formula is C21H23NO5S. The first kappa shape index (κ1) is 20.1. The Morgan fingerprint density at radius 2 is 1.86 bits per heavy atom. The molecule has 0 saturated carbocycles. The summed E-state index contributed by atoms with van der Waals surface area (Å²) >= 11 is 1.52. The highest BCUT2D eigenvalue weighted by Gasteiger charge is 2.24. The number of para-hydroxylation sites is 1. The molecule has 1 aliphatic rings. The molecule has 2 aromatic carbocycles. The summed E-state index contributed by atoms with van der Waals surface area (Å²) in [4.78, 5) is 27.2. The van der Waals surface area contributed by atoms with Gasteiger partial charge in [0.1, 0.15) is 6.61 Å². The number of amides is 1. The van der Waals surface area contributed by atoms with Gasteiger partial charge >= 0.3 is 5.97 Å². The molecule has 28 heavy (non-hydrogen) atoms. The standard InChI is InChI=1S/C21H23NO5S/c1-14-10-17(25-2)18(26-3)11-15(14)12-27-21(24)8-9-22-16-6-4-5-7-19(16)28-13-20(22)23/h4-7,10-11H,8-9,12-13H2,1-3H3. The Kier molecular flexibility index (Phi) is 6.46. The maximum atomic E-state index is 12.3. The molecule has 0 spiro atoms. The van der Waals surface area contributed by atoms with E-state index < -0.39 is 0 Å². The number of anilines is 1. The fraction of sp³-hybridized carbons (Fsp3) is 0.333. The lowest BCUT2D eigenvalue weighted by Crippen LogP contribution is -2.37. The van der Waals surface area contributed by atoms with Crippen LogP contribution in [0.1, 0.15) is 17.5 Å². The van der Waals surface area contributed by atoms with Gasteiger partial charge in [0, 0.05) is 11.4 Å². The number of hydrogen-bond donors (Lipinski definition) is 0. The fourth-order valence-electron chi connectivity index (χ4n) is 3.01. The third-order valence-electron chi connectivity index (χ3n) is 4.58. The molecule has 0 N–H and O–H groups in total. The van der Waals surface area contributed by atoms with Crippen LogP contribution < -0.4 is 14.4 Å². The minimum atomic E-state index is -0.349. The largest absolute Gasteiger partial charge is 0.493 e. The highest BCUT2D eigenvalue weighted by Crippen LogP contribution is 2.35. The van der Waals surface area contributed by atoms with Crippen molar-refractivity contribution >= 4 is 29.3 Å². The van der Waals surface area contributed by atoms with Crippen LogP contribution in [0.25, 0.3) is 0 Å². The van der Waals surface area contributed by atoms with E-state index in [0.29, 0.717) is 23.8 Å². The van der Waals surface area contributed by atoms with E-state index in [1.54, 1.807) is 19.1 Å². The van der Waals surface area contributed by atoms with Crippen molar-refractivity contribution in [2.24, 2.45) is 0 Å². The topological polar surface area (TPSA) is 65.1 Å². The number of esters is 1. The second kappa shape index (κ2) is 9.01. The van der Waals surface area contributed by atoms with Crippen molar-refractivity contribution in [3.8, 4) is 11.5 Å². The molecule has 0 radical (unpaired) electrons. The predicted molar refractivity (Wildman–Crippen MR) is 108 cm³/mol. The van der Waals surface area contributed by atoms with Crippen LogP contribution >= 0.6 is 11.8 Å². The van der Waals surface area contributed by atoms with E-state index in [1.807, 2.05) is 43.3 Å². The molecule has 0 atom stereocenters. The summed E-state index contributed by atoms with van der Waals surface area (Å²) in [6.45, 7) is 2.37. The van der Waals surface area contributed by atoms with Crippen LogP contribution in [0.2, 0.25) is 0 Å². The van der Waals surface area contributed by atoms with Crippen LogP contribution in [0, 0.1) is 6.92 Å². The Hall–Kier alpha value is -2.67. The van der Waals surface area contributed by atoms with E-state index in [1.165, 1.54) is 11.8 Å². The summed E-state index contributed by atoms with van der Waals surface area (Å²) in [5.41, 5.74) is 2.65. The number of thioether (sulfide) groups is 1. The number of benzene rings is 2. The molecule has 3 rings (SSSR count). The molecular weight excluding hydrogens is 378 g/mol. The molecule has 0 aromatic heterocycles. The summed E-state index contributed by atoms with van der Waals surface area (Å²) < 4.78 is 16.0. The normalized spacial score (nSPS) is 13.1. The predicted octanol–water partition coefficient (Wildman–Crippen LogP) is 3.58. The van der Waals surface area contributed by atoms with E-state index in [-0.39, 0.29) is 24.9 Å². The number of carbonyl (C=O) groups is 2. The quantitative estimate of drug-likeness (QED) is 0.661. The second-order valence-electron chi connectivity index (χ2n) is 6.35. The molecule has 148 valence electrons. The molecule has 7 heteroatoms. The molecule has 2 aromatic rings. The molecule has 0 unspecified atom stereocenters. The van der Waals surface area contributed by atoms with Gasteiger partial charge in [0.2, 0.25) is 5.91 Å². The van der Waals surface area contributed by atoms with Gasteiger partial charge < -0.3 is 19.1 Å². The summed E-state index contributed by atoms with van der Waals surface area (Å²) in [6.07, 6.45) is 0.136. The fourth-order valence-corrected chi connectivity index (χ4v) is 3.95. The number of aryl methyl sites for hydroxylation is 1. The zero-order valence-corrected chi connectivity index (χ0v) is 17.0. The van der Waals surface area contributed by atoms with Crippen LogP contribution in [-0.2, 0) is 20.9 Å². The first-order valence-corrected chi connectivity index (χ1v) is 9.91. The van der Waals surface area contributed by atoms with Crippen LogP contribution in [0.4, 0.5) is 5.69 Å². The smallest absolute Gasteiger partial charge is 0.307 e. The first-order valence-electron chi connectivity index (χ1n) is 8.92. The Morgan fingerprint density at radius 3 is 2.61 bits per heavy atom. The first-order chi connectivity index (χ1) is 13.5. The molecule has 6 nitrogen and oxygen atoms in total. The number of fused-ring (bicyclic) bond motifs is 1. The molecule has 0 fully saturated rings. The second-order valence-corrected chi connectivity index (χ2v) is 7.36. The maximum absolute atomic E-state index is 12.3. The molecule has 0 bridgehead atoms. The summed E-state index contributed by atoms with van der Waals surface area (Å²) in [6, 6.07) is 11.4. The van der Waals surface area contributed by atoms with Gasteiger partial charge in [-0.2, -0.15) is 0 Å². The van der Waals surface area contributed by atoms with Crippen molar-refractivity contribution in [1.82, 2.24) is 0 Å². The van der Waals surface area contributed by atoms with Crippen LogP contribution in [0.15, 0.2) is 41.3 Å². The van der Waals surface area contributed by atoms with Crippen LogP contribution in [0.5, 0.6) is 11.5 Å². The minimum Gasteiger partial charge on any atom is -0.493 e. The number of carbonyl (C=O) groups excluding carboxylic acids is 2. The van der Waals surface area contributed by atoms with Gasteiger partial charge in [-0.05, 0) is 42.3 Å². The summed E-state index contributed by atoms with van der Waals surface area (Å²) in [5.74, 6) is 1.27. The Balaban J connectivity index is 1.59. The third kappa shape index (κ3) is 4.42. The van der Waals surface area contributed by atoms with E-state index in [2.05, 4.69) is 0 Å². The van der Waals surface area contributed by atoms with E-state index >= 15 is 0 Å². The van der Waals surface area contributed by atoms with Crippen LogP contribution in [0.3, 0.4) is 0 Å². The summed E-state index contributed by atoms with van der Waals surface area (Å²) in [7, 11) is 3.14. The Labute approximate surface area is 168 Å². The van der Waals surface area contributed by atoms with Crippen LogP contribution in [-0.4, -0.2) is 38.4 Å². The zero-order chi connectivity index (χ0) is 20.1. The highest BCUT2D eigenvalue weighted by atomic mass is 32.2. The highest BCUT2D eigenvalue weighted by molar-refractivity contribution is 8.00. The average Bonchev–Trinajstić information content (AvgIpc) is 2.71. The minimum absolute atomic E-state index is 0.00670. The SMILES string of the molecule is COc1cc(C)c(COC(=O)CCN2C(=O)CSc3ccccc32)cc1OC. The third-order valence-corrected chi connectivity index (χ3v) is 5.63. The van der Waals surface area contributed by atoms with Gasteiger partial charge in [0.05, 0.1) is 32.1 Å². The monoisotopic (exact) mass is 401 g/mol. The number of hydrogen-bond acceptors (Lipinski definition) is 6. The van der Waals surface area contributed by atoms with Gasteiger partial charge in [0.25, 0.3) is 0 Å². The van der Waals surface area contributed by atoms with Gasteiger partial charge in [0.15, 0.2) is 11.5 Å².